The Kier molecular flexibility index (Phi) is 4.31. The van der Waals surface area contributed by atoms with Crippen LogP contribution < -0.4 is 5.73 Å². The van der Waals surface area contributed by atoms with Crippen molar-refractivity contribution in [3.05, 3.63) is 18.3 Å². The van der Waals surface area contributed by atoms with Crippen molar-refractivity contribution >= 4 is 48.0 Å². The molecule has 44 valence electrons. The molecule has 0 saturated heterocycles. The van der Waals surface area contributed by atoms with E-state index in [4.69, 9.17) is 5.73 Å². The van der Waals surface area contributed by atoms with Crippen molar-refractivity contribution in [2.45, 2.75) is 4.90 Å². The van der Waals surface area contributed by atoms with Crippen molar-refractivity contribution in [2.24, 2.45) is 0 Å². The van der Waals surface area contributed by atoms with Gasteiger partial charge in [-0.15, -0.1) is 12.6 Å². The summed E-state index contributed by atoms with van der Waals surface area (Å²) in [5, 5.41) is 0. The summed E-state index contributed by atoms with van der Waals surface area (Å²) in [7, 11) is 0. The molecule has 0 amide bonds. The van der Waals surface area contributed by atoms with E-state index in [1.807, 2.05) is 0 Å². The van der Waals surface area contributed by atoms with Crippen LogP contribution in [0.25, 0.3) is 0 Å². The monoisotopic (exact) mass is 150 g/mol. The molecule has 1 aromatic heterocycles. The molecule has 1 heterocycles. The van der Waals surface area contributed by atoms with Crippen LogP contribution in [0.1, 0.15) is 0 Å². The molecule has 0 aromatic carbocycles. The summed E-state index contributed by atoms with van der Waals surface area (Å²) in [5.74, 6) is 0.512. The van der Waals surface area contributed by atoms with Crippen LogP contribution in [0.2, 0.25) is 0 Å². The summed E-state index contributed by atoms with van der Waals surface area (Å²) in [6.07, 6.45) is 1.62. The Morgan fingerprint density at radius 3 is 2.56 bits per heavy atom. The standard InChI is InChI=1S/C5H6N2S.Na.H/c6-5-3-4(8)1-2-7-5;;/h1-3H,(H3,6,7,8);;. The van der Waals surface area contributed by atoms with E-state index < -0.39 is 0 Å². The topological polar surface area (TPSA) is 38.9 Å². The van der Waals surface area contributed by atoms with Gasteiger partial charge in [-0.2, -0.15) is 0 Å². The molecule has 2 nitrogen and oxygen atoms in total. The molecule has 0 spiro atoms. The molecular formula is C5H7N2NaS. The predicted molar refractivity (Wildman–Crippen MR) is 43.1 cm³/mol. The zero-order chi connectivity index (χ0) is 5.98. The average Bonchev–Trinajstić information content (AvgIpc) is 1.64. The first-order chi connectivity index (χ1) is 3.79. The molecule has 1 aromatic rings. The third kappa shape index (κ3) is 3.11. The van der Waals surface area contributed by atoms with E-state index in [9.17, 15) is 0 Å². The van der Waals surface area contributed by atoms with Gasteiger partial charge in [-0.25, -0.2) is 4.98 Å². The molecule has 0 unspecified atom stereocenters. The van der Waals surface area contributed by atoms with E-state index in [1.165, 1.54) is 0 Å². The van der Waals surface area contributed by atoms with Crippen molar-refractivity contribution in [1.29, 1.82) is 0 Å². The summed E-state index contributed by atoms with van der Waals surface area (Å²) < 4.78 is 0. The second kappa shape index (κ2) is 4.17. The number of nitrogen functional groups attached to an aromatic ring is 1. The number of pyridine rings is 1. The van der Waals surface area contributed by atoms with Gasteiger partial charge in [0.25, 0.3) is 0 Å². The van der Waals surface area contributed by atoms with Crippen molar-refractivity contribution in [3.63, 3.8) is 0 Å². The van der Waals surface area contributed by atoms with Gasteiger partial charge in [0.2, 0.25) is 0 Å². The Bertz CT molecular complexity index is 175. The third-order valence-corrected chi connectivity index (χ3v) is 1.04. The van der Waals surface area contributed by atoms with Crippen molar-refractivity contribution in [2.75, 3.05) is 5.73 Å². The molecule has 0 fully saturated rings. The molecule has 1 rings (SSSR count). The van der Waals surface area contributed by atoms with E-state index in [0.717, 1.165) is 4.90 Å². The Morgan fingerprint density at radius 1 is 1.56 bits per heavy atom. The molecule has 9 heavy (non-hydrogen) atoms. The first kappa shape index (κ1) is 9.30. The fourth-order valence-corrected chi connectivity index (χ4v) is 0.636. The second-order valence-electron chi connectivity index (χ2n) is 1.44. The van der Waals surface area contributed by atoms with Gasteiger partial charge < -0.3 is 5.73 Å². The number of nitrogens with zero attached hydrogens (tertiary/aromatic N) is 1. The summed E-state index contributed by atoms with van der Waals surface area (Å²) in [6, 6.07) is 3.47. The second-order valence-corrected chi connectivity index (χ2v) is 1.96. The van der Waals surface area contributed by atoms with Crippen molar-refractivity contribution < 1.29 is 0 Å². The first-order valence-electron chi connectivity index (χ1n) is 2.19. The van der Waals surface area contributed by atoms with Crippen molar-refractivity contribution in [1.82, 2.24) is 4.98 Å². The van der Waals surface area contributed by atoms with E-state index in [-0.39, 0.29) is 29.6 Å². The van der Waals surface area contributed by atoms with Gasteiger partial charge in [-0.05, 0) is 12.1 Å². The van der Waals surface area contributed by atoms with Crippen LogP contribution in [0.4, 0.5) is 5.82 Å². The number of hydrogen-bond acceptors (Lipinski definition) is 3. The molecule has 0 atom stereocenters. The predicted octanol–water partition coefficient (Wildman–Crippen LogP) is 0.304. The quantitative estimate of drug-likeness (QED) is 0.412. The summed E-state index contributed by atoms with van der Waals surface area (Å²) >= 11 is 4.03. The van der Waals surface area contributed by atoms with Gasteiger partial charge >= 0.3 is 29.6 Å². The number of nitrogens with two attached hydrogens (primary N) is 1. The third-order valence-electron chi connectivity index (χ3n) is 0.765. The summed E-state index contributed by atoms with van der Waals surface area (Å²) in [4.78, 5) is 4.61. The van der Waals surface area contributed by atoms with E-state index in [2.05, 4.69) is 17.6 Å². The zero-order valence-electron chi connectivity index (χ0n) is 4.20. The van der Waals surface area contributed by atoms with E-state index in [1.54, 1.807) is 18.3 Å². The normalized spacial score (nSPS) is 8.11. The van der Waals surface area contributed by atoms with Crippen molar-refractivity contribution in [3.8, 4) is 0 Å². The molecule has 0 aliphatic carbocycles. The van der Waals surface area contributed by atoms with E-state index >= 15 is 0 Å². The number of aromatic nitrogens is 1. The Balaban J connectivity index is 0.000000640. The number of hydrogen-bond donors (Lipinski definition) is 2. The van der Waals surface area contributed by atoms with Crippen LogP contribution in [0, 0.1) is 0 Å². The van der Waals surface area contributed by atoms with Gasteiger partial charge in [0.1, 0.15) is 5.82 Å². The summed E-state index contributed by atoms with van der Waals surface area (Å²) in [5.41, 5.74) is 5.30. The molecule has 0 aliphatic heterocycles. The van der Waals surface area contributed by atoms with Gasteiger partial charge in [0.05, 0.1) is 0 Å². The van der Waals surface area contributed by atoms with Crippen LogP contribution in [-0.2, 0) is 0 Å². The molecule has 0 aliphatic rings. The van der Waals surface area contributed by atoms with Crippen LogP contribution in [0.5, 0.6) is 0 Å². The fraction of sp³-hybridized carbons (Fsp3) is 0. The van der Waals surface area contributed by atoms with Crippen LogP contribution in [0.15, 0.2) is 23.2 Å². The Morgan fingerprint density at radius 2 is 2.22 bits per heavy atom. The number of thiol groups is 1. The minimum atomic E-state index is 0. The van der Waals surface area contributed by atoms with Gasteiger partial charge in [-0.1, -0.05) is 0 Å². The van der Waals surface area contributed by atoms with Crippen LogP contribution >= 0.6 is 12.6 Å². The molecule has 2 N–H and O–H groups in total. The number of anilines is 1. The average molecular weight is 150 g/mol. The van der Waals surface area contributed by atoms with E-state index in [0.29, 0.717) is 5.82 Å². The summed E-state index contributed by atoms with van der Waals surface area (Å²) in [6.45, 7) is 0. The molecular weight excluding hydrogens is 143 g/mol. The van der Waals surface area contributed by atoms with Gasteiger partial charge in [0.15, 0.2) is 0 Å². The maximum atomic E-state index is 5.30. The van der Waals surface area contributed by atoms with Crippen LogP contribution in [0.3, 0.4) is 0 Å². The maximum absolute atomic E-state index is 5.30. The Labute approximate surface area is 81.6 Å². The molecule has 4 heteroatoms. The van der Waals surface area contributed by atoms with Crippen LogP contribution in [-0.4, -0.2) is 34.5 Å². The Hall–Kier alpha value is 0.300. The number of rotatable bonds is 0. The van der Waals surface area contributed by atoms with Gasteiger partial charge in [-0.3, -0.25) is 0 Å². The fourth-order valence-electron chi connectivity index (χ4n) is 0.437. The van der Waals surface area contributed by atoms with Gasteiger partial charge in [0, 0.05) is 11.1 Å². The zero-order valence-corrected chi connectivity index (χ0v) is 5.10. The molecule has 0 radical (unpaired) electrons. The SMILES string of the molecule is Nc1cc(S)ccn1.[NaH]. The molecule has 0 bridgehead atoms. The molecule has 0 saturated carbocycles. The first-order valence-corrected chi connectivity index (χ1v) is 2.64. The minimum absolute atomic E-state index is 0.